The fourth-order valence-corrected chi connectivity index (χ4v) is 1.80. The molecule has 0 saturated heterocycles. The number of methoxy groups -OCH3 is 1. The Morgan fingerprint density at radius 1 is 1.50 bits per heavy atom. The molecule has 3 N–H and O–H groups in total. The summed E-state index contributed by atoms with van der Waals surface area (Å²) >= 11 is 0. The van der Waals surface area contributed by atoms with E-state index in [9.17, 15) is 9.59 Å². The van der Waals surface area contributed by atoms with Crippen LogP contribution in [0.1, 0.15) is 6.42 Å². The van der Waals surface area contributed by atoms with Gasteiger partial charge in [-0.3, -0.25) is 9.89 Å². The second-order valence-electron chi connectivity index (χ2n) is 4.01. The Morgan fingerprint density at radius 3 is 2.90 bits per heavy atom. The van der Waals surface area contributed by atoms with Gasteiger partial charge in [0.05, 0.1) is 18.0 Å². The van der Waals surface area contributed by atoms with Gasteiger partial charge in [0.2, 0.25) is 0 Å². The maximum Gasteiger partial charge on any atom is 0.433 e. The summed E-state index contributed by atoms with van der Waals surface area (Å²) in [6.07, 6.45) is 0.0880. The van der Waals surface area contributed by atoms with Crippen molar-refractivity contribution in [2.24, 2.45) is 0 Å². The second-order valence-corrected chi connectivity index (χ2v) is 4.01. The van der Waals surface area contributed by atoms with Crippen molar-refractivity contribution in [3.63, 3.8) is 0 Å². The SMILES string of the molecule is COC(=O)n1[nH]c(=O)c2ccc(NCCC[NH-])cc21.[Y]. The molecule has 0 amide bonds. The maximum atomic E-state index is 11.7. The minimum atomic E-state index is -0.643. The van der Waals surface area contributed by atoms with Gasteiger partial charge in [-0.25, -0.2) is 4.79 Å². The topological polar surface area (TPSA) is 99.9 Å². The third-order valence-electron chi connectivity index (χ3n) is 2.74. The Balaban J connectivity index is 0.00000200. The van der Waals surface area contributed by atoms with E-state index in [-0.39, 0.29) is 38.3 Å². The fraction of sp³-hybridized carbons (Fsp3) is 0.333. The normalized spacial score (nSPS) is 10.1. The molecule has 2 aromatic rings. The zero-order chi connectivity index (χ0) is 13.8. The van der Waals surface area contributed by atoms with Crippen molar-refractivity contribution in [3.8, 4) is 0 Å². The summed E-state index contributed by atoms with van der Waals surface area (Å²) in [5, 5.41) is 5.98. The number of nitrogens with one attached hydrogen (secondary N) is 3. The van der Waals surface area contributed by atoms with Crippen LogP contribution in [-0.2, 0) is 37.4 Å². The molecule has 0 aliphatic rings. The summed E-state index contributed by atoms with van der Waals surface area (Å²) < 4.78 is 5.68. The van der Waals surface area contributed by atoms with Crippen LogP contribution >= 0.6 is 0 Å². The number of carbonyl (C=O) groups excluding carboxylic acids is 1. The Labute approximate surface area is 140 Å². The number of aromatic nitrogens is 2. The van der Waals surface area contributed by atoms with E-state index in [1.807, 2.05) is 0 Å². The quantitative estimate of drug-likeness (QED) is 0.820. The zero-order valence-electron chi connectivity index (χ0n) is 11.1. The van der Waals surface area contributed by atoms with Crippen molar-refractivity contribution in [1.82, 2.24) is 9.78 Å². The number of ether oxygens (including phenoxy) is 1. The predicted octanol–water partition coefficient (Wildman–Crippen LogP) is 1.80. The van der Waals surface area contributed by atoms with Gasteiger partial charge < -0.3 is 15.8 Å². The van der Waals surface area contributed by atoms with Gasteiger partial charge in [0.1, 0.15) is 0 Å². The largest absolute Gasteiger partial charge is 0.677 e. The van der Waals surface area contributed by atoms with E-state index in [4.69, 9.17) is 5.73 Å². The van der Waals surface area contributed by atoms with Crippen molar-refractivity contribution in [2.75, 3.05) is 25.5 Å². The number of hydrogen-bond donors (Lipinski definition) is 2. The molecule has 1 heterocycles. The van der Waals surface area contributed by atoms with Crippen LogP contribution in [0.15, 0.2) is 23.0 Å². The first kappa shape index (κ1) is 16.9. The first-order valence-electron chi connectivity index (χ1n) is 5.89. The van der Waals surface area contributed by atoms with Gasteiger partial charge in [0.15, 0.2) is 0 Å². The summed E-state index contributed by atoms with van der Waals surface area (Å²) in [5.74, 6) is 0. The minimum Gasteiger partial charge on any atom is -0.677 e. The van der Waals surface area contributed by atoms with Crippen LogP contribution in [-0.4, -0.2) is 36.1 Å². The number of benzene rings is 1. The van der Waals surface area contributed by atoms with E-state index in [1.54, 1.807) is 18.2 Å². The number of carbonyl (C=O) groups is 1. The van der Waals surface area contributed by atoms with Gasteiger partial charge in [0, 0.05) is 44.9 Å². The summed E-state index contributed by atoms with van der Waals surface area (Å²) in [6.45, 7) is 1.02. The number of rotatable bonds is 4. The van der Waals surface area contributed by atoms with E-state index in [2.05, 4.69) is 15.2 Å². The molecule has 0 bridgehead atoms. The summed E-state index contributed by atoms with van der Waals surface area (Å²) in [6, 6.07) is 5.12. The molecule has 20 heavy (non-hydrogen) atoms. The first-order chi connectivity index (χ1) is 9.17. The molecule has 0 fully saturated rings. The molecule has 1 aromatic carbocycles. The van der Waals surface area contributed by atoms with Gasteiger partial charge >= 0.3 is 6.09 Å². The van der Waals surface area contributed by atoms with Gasteiger partial charge in [-0.1, -0.05) is 6.42 Å². The molecule has 8 heteroatoms. The molecule has 0 aliphatic heterocycles. The smallest absolute Gasteiger partial charge is 0.433 e. The number of aromatic amines is 1. The van der Waals surface area contributed by atoms with Crippen molar-refractivity contribution in [1.29, 1.82) is 0 Å². The average Bonchev–Trinajstić information content (AvgIpc) is 2.75. The molecule has 7 nitrogen and oxygen atoms in total. The Hall–Kier alpha value is -1.18. The van der Waals surface area contributed by atoms with Crippen molar-refractivity contribution >= 4 is 22.7 Å². The zero-order valence-corrected chi connectivity index (χ0v) is 13.9. The molecule has 2 rings (SSSR count). The fourth-order valence-electron chi connectivity index (χ4n) is 1.80. The number of H-pyrrole nitrogens is 1. The van der Waals surface area contributed by atoms with E-state index in [0.29, 0.717) is 24.0 Å². The summed E-state index contributed by atoms with van der Waals surface area (Å²) in [7, 11) is 1.25. The van der Waals surface area contributed by atoms with Gasteiger partial charge in [-0.2, -0.15) is 4.68 Å². The number of anilines is 1. The molecule has 1 radical (unpaired) electrons. The molecule has 1 aromatic heterocycles. The van der Waals surface area contributed by atoms with E-state index >= 15 is 0 Å². The van der Waals surface area contributed by atoms with E-state index in [0.717, 1.165) is 16.8 Å². The third kappa shape index (κ3) is 3.47. The molecular formula is C12H15N4O3Y-. The summed E-state index contributed by atoms with van der Waals surface area (Å²) in [5.41, 5.74) is 7.99. The summed E-state index contributed by atoms with van der Waals surface area (Å²) in [4.78, 5) is 23.2. The van der Waals surface area contributed by atoms with Crippen molar-refractivity contribution in [2.45, 2.75) is 6.42 Å². The van der Waals surface area contributed by atoms with E-state index in [1.165, 1.54) is 7.11 Å². The number of nitrogens with zero attached hydrogens (tertiary/aromatic N) is 1. The standard InChI is InChI=1S/C12H15N4O3.Y/c1-19-12(18)16-10-7-8(14-6-2-5-13)3-4-9(10)11(17)15-16;/h3-4,7,13-14H,2,5-6H2,1H3,(H,15,17);/q-1;. The van der Waals surface area contributed by atoms with Crippen LogP contribution in [0.5, 0.6) is 0 Å². The Morgan fingerprint density at radius 2 is 2.25 bits per heavy atom. The van der Waals surface area contributed by atoms with Crippen LogP contribution in [0.2, 0.25) is 0 Å². The van der Waals surface area contributed by atoms with Gasteiger partial charge in [-0.05, 0) is 18.2 Å². The monoisotopic (exact) mass is 352 g/mol. The third-order valence-corrected chi connectivity index (χ3v) is 2.74. The number of hydrogen-bond acceptors (Lipinski definition) is 4. The van der Waals surface area contributed by atoms with Crippen LogP contribution in [0, 0.1) is 0 Å². The molecule has 0 unspecified atom stereocenters. The van der Waals surface area contributed by atoms with Crippen LogP contribution in [0.25, 0.3) is 16.6 Å². The van der Waals surface area contributed by atoms with Gasteiger partial charge in [-0.15, -0.1) is 6.54 Å². The molecule has 0 saturated carbocycles. The van der Waals surface area contributed by atoms with Gasteiger partial charge in [0.25, 0.3) is 5.56 Å². The average molecular weight is 352 g/mol. The molecule has 0 spiro atoms. The van der Waals surface area contributed by atoms with E-state index < -0.39 is 6.09 Å². The van der Waals surface area contributed by atoms with Crippen molar-refractivity contribution in [3.05, 3.63) is 34.3 Å². The Kier molecular flexibility index (Phi) is 6.38. The number of fused-ring (bicyclic) bond motifs is 1. The second kappa shape index (κ2) is 7.57. The Bertz CT molecular complexity index is 650. The first-order valence-corrected chi connectivity index (χ1v) is 5.89. The van der Waals surface area contributed by atoms with Crippen LogP contribution in [0.3, 0.4) is 0 Å². The molecule has 0 aliphatic carbocycles. The molecule has 0 atom stereocenters. The molecule has 105 valence electrons. The predicted molar refractivity (Wildman–Crippen MR) is 72.7 cm³/mol. The van der Waals surface area contributed by atoms with Crippen LogP contribution in [0.4, 0.5) is 10.5 Å². The van der Waals surface area contributed by atoms with Crippen LogP contribution < -0.4 is 10.9 Å². The maximum absolute atomic E-state index is 11.7. The molecular weight excluding hydrogens is 337 g/mol. The van der Waals surface area contributed by atoms with Crippen molar-refractivity contribution < 1.29 is 42.2 Å². The minimum absolute atomic E-state index is 0.